The molecule has 0 unspecified atom stereocenters. The van der Waals surface area contributed by atoms with Crippen molar-refractivity contribution in [1.29, 1.82) is 0 Å². The largest absolute Gasteiger partial charge is 0.290 e. The molecule has 0 bridgehead atoms. The van der Waals surface area contributed by atoms with E-state index in [-0.39, 0.29) is 11.6 Å². The van der Waals surface area contributed by atoms with Gasteiger partial charge in [-0.1, -0.05) is 22.9 Å². The summed E-state index contributed by atoms with van der Waals surface area (Å²) < 4.78 is 12.6. The Labute approximate surface area is 80.2 Å². The van der Waals surface area contributed by atoms with Crippen molar-refractivity contribution in [3.05, 3.63) is 34.6 Å². The third kappa shape index (κ3) is 3.28. The Morgan fingerprint density at radius 3 is 2.85 bits per heavy atom. The summed E-state index contributed by atoms with van der Waals surface area (Å²) >= 11 is 5.69. The van der Waals surface area contributed by atoms with E-state index in [1.54, 1.807) is 0 Å². The molecule has 0 saturated carbocycles. The first-order valence-electron chi connectivity index (χ1n) is 3.59. The third-order valence-electron chi connectivity index (χ3n) is 1.42. The van der Waals surface area contributed by atoms with Crippen molar-refractivity contribution in [2.75, 3.05) is 7.05 Å². The summed E-state index contributed by atoms with van der Waals surface area (Å²) in [6.45, 7) is 0.103. The van der Waals surface area contributed by atoms with Gasteiger partial charge in [-0.25, -0.2) is 4.39 Å². The van der Waals surface area contributed by atoms with Crippen LogP contribution in [0.5, 0.6) is 0 Å². The normalized spacial score (nSPS) is 10.8. The number of halogens is 2. The molecular formula is C8H9ClFNO2. The number of hydroxylamine groups is 2. The van der Waals surface area contributed by atoms with Crippen LogP contribution in [0, 0.1) is 5.82 Å². The van der Waals surface area contributed by atoms with E-state index in [4.69, 9.17) is 21.6 Å². The monoisotopic (exact) mass is 205 g/mol. The van der Waals surface area contributed by atoms with Gasteiger partial charge in [0.25, 0.3) is 0 Å². The predicted molar refractivity (Wildman–Crippen MR) is 45.7 cm³/mol. The molecule has 72 valence electrons. The summed E-state index contributed by atoms with van der Waals surface area (Å²) in [5.74, 6) is -0.397. The summed E-state index contributed by atoms with van der Waals surface area (Å²) in [5.41, 5.74) is 0.615. The molecular weight excluding hydrogens is 197 g/mol. The fourth-order valence-corrected chi connectivity index (χ4v) is 1.02. The SMILES string of the molecule is CN(O)OCc1ccc(F)cc1Cl. The maximum atomic E-state index is 12.6. The van der Waals surface area contributed by atoms with E-state index >= 15 is 0 Å². The van der Waals surface area contributed by atoms with Crippen LogP contribution < -0.4 is 0 Å². The molecule has 1 aromatic carbocycles. The van der Waals surface area contributed by atoms with Crippen molar-refractivity contribution < 1.29 is 14.4 Å². The predicted octanol–water partition coefficient (Wildman–Crippen LogP) is 2.23. The molecule has 13 heavy (non-hydrogen) atoms. The zero-order chi connectivity index (χ0) is 9.84. The number of hydrogen-bond acceptors (Lipinski definition) is 3. The molecule has 5 heteroatoms. The Morgan fingerprint density at radius 2 is 2.31 bits per heavy atom. The van der Waals surface area contributed by atoms with Crippen LogP contribution in [-0.4, -0.2) is 17.5 Å². The first-order chi connectivity index (χ1) is 6.09. The van der Waals surface area contributed by atoms with Gasteiger partial charge in [0, 0.05) is 12.1 Å². The highest BCUT2D eigenvalue weighted by atomic mass is 35.5. The van der Waals surface area contributed by atoms with Crippen LogP contribution in [-0.2, 0) is 11.4 Å². The average molecular weight is 206 g/mol. The van der Waals surface area contributed by atoms with Crippen LogP contribution in [0.2, 0.25) is 5.02 Å². The minimum absolute atomic E-state index is 0.103. The lowest BCUT2D eigenvalue weighted by Crippen LogP contribution is -2.13. The van der Waals surface area contributed by atoms with Crippen molar-refractivity contribution in [3.8, 4) is 0 Å². The Balaban J connectivity index is 2.67. The number of benzene rings is 1. The molecule has 0 aromatic heterocycles. The van der Waals surface area contributed by atoms with Crippen LogP contribution in [0.25, 0.3) is 0 Å². The van der Waals surface area contributed by atoms with Gasteiger partial charge in [0.2, 0.25) is 0 Å². The van der Waals surface area contributed by atoms with E-state index in [2.05, 4.69) is 0 Å². The molecule has 0 spiro atoms. The number of hydrogen-bond donors (Lipinski definition) is 1. The molecule has 0 fully saturated rings. The van der Waals surface area contributed by atoms with Crippen LogP contribution in [0.1, 0.15) is 5.56 Å². The van der Waals surface area contributed by atoms with E-state index in [1.165, 1.54) is 25.2 Å². The molecule has 0 atom stereocenters. The molecule has 0 aliphatic heterocycles. The average Bonchev–Trinajstić information content (AvgIpc) is 2.02. The van der Waals surface area contributed by atoms with Gasteiger partial charge in [-0.3, -0.25) is 10.0 Å². The van der Waals surface area contributed by atoms with E-state index in [1.807, 2.05) is 0 Å². The van der Waals surface area contributed by atoms with Gasteiger partial charge in [-0.2, -0.15) is 0 Å². The Hall–Kier alpha value is -0.680. The second kappa shape index (κ2) is 4.53. The molecule has 0 amide bonds. The van der Waals surface area contributed by atoms with Gasteiger partial charge in [0.1, 0.15) is 5.82 Å². The summed E-state index contributed by atoms with van der Waals surface area (Å²) in [4.78, 5) is 4.73. The molecule has 0 saturated heterocycles. The fraction of sp³-hybridized carbons (Fsp3) is 0.250. The highest BCUT2D eigenvalue weighted by Crippen LogP contribution is 2.17. The number of nitrogens with zero attached hydrogens (tertiary/aromatic N) is 1. The quantitative estimate of drug-likeness (QED) is 0.769. The Morgan fingerprint density at radius 1 is 1.62 bits per heavy atom. The van der Waals surface area contributed by atoms with Gasteiger partial charge in [0.05, 0.1) is 6.61 Å². The van der Waals surface area contributed by atoms with Crippen LogP contribution >= 0.6 is 11.6 Å². The van der Waals surface area contributed by atoms with Gasteiger partial charge >= 0.3 is 0 Å². The maximum Gasteiger partial charge on any atom is 0.124 e. The topological polar surface area (TPSA) is 32.7 Å². The van der Waals surface area contributed by atoms with Crippen LogP contribution in [0.4, 0.5) is 4.39 Å². The van der Waals surface area contributed by atoms with E-state index in [0.29, 0.717) is 10.8 Å². The standard InChI is InChI=1S/C8H9ClFNO2/c1-11(12)13-5-6-2-3-7(10)4-8(6)9/h2-4,12H,5H2,1H3. The van der Waals surface area contributed by atoms with Gasteiger partial charge < -0.3 is 0 Å². The molecule has 1 aromatic rings. The van der Waals surface area contributed by atoms with Crippen molar-refractivity contribution in [3.63, 3.8) is 0 Å². The minimum atomic E-state index is -0.397. The molecule has 0 aliphatic carbocycles. The van der Waals surface area contributed by atoms with Gasteiger partial charge in [-0.15, -0.1) is 0 Å². The van der Waals surface area contributed by atoms with Gasteiger partial charge in [-0.05, 0) is 17.7 Å². The molecule has 0 heterocycles. The minimum Gasteiger partial charge on any atom is -0.290 e. The van der Waals surface area contributed by atoms with Gasteiger partial charge in [0.15, 0.2) is 0 Å². The van der Waals surface area contributed by atoms with E-state index < -0.39 is 5.82 Å². The highest BCUT2D eigenvalue weighted by molar-refractivity contribution is 6.31. The van der Waals surface area contributed by atoms with Crippen LogP contribution in [0.3, 0.4) is 0 Å². The smallest absolute Gasteiger partial charge is 0.124 e. The lowest BCUT2D eigenvalue weighted by molar-refractivity contribution is -0.330. The molecule has 1 N–H and O–H groups in total. The van der Waals surface area contributed by atoms with Crippen LogP contribution in [0.15, 0.2) is 18.2 Å². The summed E-state index contributed by atoms with van der Waals surface area (Å²) in [5, 5.41) is 9.50. The fourth-order valence-electron chi connectivity index (χ4n) is 0.802. The second-order valence-corrected chi connectivity index (χ2v) is 2.88. The molecule has 0 aliphatic rings. The first-order valence-corrected chi connectivity index (χ1v) is 3.97. The van der Waals surface area contributed by atoms with E-state index in [0.717, 1.165) is 0 Å². The zero-order valence-corrected chi connectivity index (χ0v) is 7.75. The Kier molecular flexibility index (Phi) is 3.62. The summed E-state index contributed by atoms with van der Waals surface area (Å²) in [7, 11) is 1.33. The summed E-state index contributed by atoms with van der Waals surface area (Å²) in [6.07, 6.45) is 0. The van der Waals surface area contributed by atoms with Crippen molar-refractivity contribution in [1.82, 2.24) is 5.23 Å². The summed E-state index contributed by atoms with van der Waals surface area (Å²) in [6, 6.07) is 3.97. The molecule has 0 radical (unpaired) electrons. The molecule has 3 nitrogen and oxygen atoms in total. The number of rotatable bonds is 3. The second-order valence-electron chi connectivity index (χ2n) is 2.47. The lowest BCUT2D eigenvalue weighted by Gasteiger charge is -2.09. The zero-order valence-electron chi connectivity index (χ0n) is 7.00. The van der Waals surface area contributed by atoms with Crippen molar-refractivity contribution >= 4 is 11.6 Å². The molecule has 1 rings (SSSR count). The third-order valence-corrected chi connectivity index (χ3v) is 1.77. The van der Waals surface area contributed by atoms with Crippen molar-refractivity contribution in [2.24, 2.45) is 0 Å². The first kappa shape index (κ1) is 10.4. The Bertz CT molecular complexity index is 293. The highest BCUT2D eigenvalue weighted by Gasteiger charge is 2.02. The lowest BCUT2D eigenvalue weighted by atomic mass is 10.2. The van der Waals surface area contributed by atoms with Crippen molar-refractivity contribution in [2.45, 2.75) is 6.61 Å². The van der Waals surface area contributed by atoms with E-state index in [9.17, 15) is 4.39 Å². The maximum absolute atomic E-state index is 12.6.